The molecule has 3 aliphatic rings. The van der Waals surface area contributed by atoms with Gasteiger partial charge in [0.15, 0.2) is 5.78 Å². The highest BCUT2D eigenvalue weighted by molar-refractivity contribution is 7.89. The maximum atomic E-state index is 12.6. The maximum Gasteiger partial charge on any atom is 0.237 e. The lowest BCUT2D eigenvalue weighted by Crippen LogP contribution is -2.37. The molecule has 5 nitrogen and oxygen atoms in total. The van der Waals surface area contributed by atoms with E-state index in [0.29, 0.717) is 13.0 Å². The Hall–Kier alpha value is -1.69. The lowest BCUT2D eigenvalue weighted by Gasteiger charge is -2.36. The molecule has 1 spiro atoms. The van der Waals surface area contributed by atoms with Crippen LogP contribution in [0.5, 0.6) is 0 Å². The summed E-state index contributed by atoms with van der Waals surface area (Å²) in [5, 5.41) is 0. The van der Waals surface area contributed by atoms with Gasteiger partial charge in [-0.05, 0) is 37.7 Å². The standard InChI is InChI=1S/C19H23NO4S/c21-17(20-12-19(10-3-11-19)13-25(20,23)24)9-8-15-7-6-14-4-1-2-5-16(14)18(15)22/h1-2,4-5,15H,3,6-13H2. The van der Waals surface area contributed by atoms with Gasteiger partial charge in [0.1, 0.15) is 0 Å². The summed E-state index contributed by atoms with van der Waals surface area (Å²) in [6, 6.07) is 7.62. The summed E-state index contributed by atoms with van der Waals surface area (Å²) in [5.41, 5.74) is 1.64. The monoisotopic (exact) mass is 361 g/mol. The van der Waals surface area contributed by atoms with Crippen LogP contribution >= 0.6 is 0 Å². The SMILES string of the molecule is O=C1c2ccccc2CCC1CCC(=O)N1CC2(CCC2)CS1(=O)=O. The molecule has 1 aromatic carbocycles. The van der Waals surface area contributed by atoms with Crippen molar-refractivity contribution in [3.63, 3.8) is 0 Å². The van der Waals surface area contributed by atoms with Crippen molar-refractivity contribution in [2.24, 2.45) is 11.3 Å². The molecule has 1 saturated heterocycles. The molecule has 1 heterocycles. The zero-order valence-electron chi connectivity index (χ0n) is 14.2. The Kier molecular flexibility index (Phi) is 3.98. The number of carbonyl (C=O) groups excluding carboxylic acids is 2. The molecule has 0 radical (unpaired) electrons. The number of carbonyl (C=O) groups is 2. The van der Waals surface area contributed by atoms with Crippen molar-refractivity contribution < 1.29 is 18.0 Å². The first-order valence-electron chi connectivity index (χ1n) is 9.06. The van der Waals surface area contributed by atoms with Gasteiger partial charge in [-0.2, -0.15) is 0 Å². The van der Waals surface area contributed by atoms with E-state index in [-0.39, 0.29) is 35.2 Å². The quantitative estimate of drug-likeness (QED) is 0.829. The van der Waals surface area contributed by atoms with Crippen molar-refractivity contribution >= 4 is 21.7 Å². The van der Waals surface area contributed by atoms with Crippen LogP contribution in [-0.4, -0.2) is 36.7 Å². The molecule has 2 fully saturated rings. The number of sulfonamides is 1. The van der Waals surface area contributed by atoms with Crippen LogP contribution in [0.2, 0.25) is 0 Å². The number of fused-ring (bicyclic) bond motifs is 1. The van der Waals surface area contributed by atoms with Crippen molar-refractivity contribution in [2.45, 2.75) is 44.9 Å². The van der Waals surface area contributed by atoms with E-state index in [1.807, 2.05) is 24.3 Å². The van der Waals surface area contributed by atoms with Gasteiger partial charge in [0.25, 0.3) is 0 Å². The third-order valence-electron chi connectivity index (χ3n) is 6.12. The van der Waals surface area contributed by atoms with Gasteiger partial charge >= 0.3 is 0 Å². The molecule has 1 amide bonds. The van der Waals surface area contributed by atoms with Crippen molar-refractivity contribution in [2.75, 3.05) is 12.3 Å². The molecule has 1 aromatic rings. The zero-order valence-corrected chi connectivity index (χ0v) is 15.1. The molecule has 1 atom stereocenters. The smallest absolute Gasteiger partial charge is 0.237 e. The summed E-state index contributed by atoms with van der Waals surface area (Å²) >= 11 is 0. The van der Waals surface area contributed by atoms with Gasteiger partial charge < -0.3 is 0 Å². The average molecular weight is 361 g/mol. The fourth-order valence-corrected chi connectivity index (χ4v) is 6.68. The molecule has 1 unspecified atom stereocenters. The highest BCUT2D eigenvalue weighted by Crippen LogP contribution is 2.47. The Labute approximate surface area is 148 Å². The van der Waals surface area contributed by atoms with Crippen LogP contribution in [0.4, 0.5) is 0 Å². The van der Waals surface area contributed by atoms with E-state index in [1.54, 1.807) is 0 Å². The van der Waals surface area contributed by atoms with E-state index in [9.17, 15) is 18.0 Å². The highest BCUT2D eigenvalue weighted by atomic mass is 32.2. The molecule has 0 N–H and O–H groups in total. The Morgan fingerprint density at radius 2 is 2.00 bits per heavy atom. The molecule has 0 aromatic heterocycles. The first kappa shape index (κ1) is 16.8. The van der Waals surface area contributed by atoms with Crippen LogP contribution in [0.15, 0.2) is 24.3 Å². The molecule has 4 rings (SSSR count). The second-order valence-corrected chi connectivity index (χ2v) is 9.70. The third-order valence-corrected chi connectivity index (χ3v) is 8.10. The fraction of sp³-hybridized carbons (Fsp3) is 0.579. The summed E-state index contributed by atoms with van der Waals surface area (Å²) in [7, 11) is -3.47. The van der Waals surface area contributed by atoms with E-state index in [0.717, 1.165) is 47.5 Å². The maximum absolute atomic E-state index is 12.6. The number of amides is 1. The van der Waals surface area contributed by atoms with Crippen LogP contribution in [0.1, 0.15) is 54.4 Å². The van der Waals surface area contributed by atoms with Gasteiger partial charge in [-0.3, -0.25) is 9.59 Å². The molecule has 6 heteroatoms. The van der Waals surface area contributed by atoms with E-state index < -0.39 is 10.0 Å². The van der Waals surface area contributed by atoms with Crippen LogP contribution in [0.25, 0.3) is 0 Å². The largest absolute Gasteiger partial charge is 0.294 e. The molecular weight excluding hydrogens is 338 g/mol. The number of rotatable bonds is 3. The minimum absolute atomic E-state index is 0.0920. The van der Waals surface area contributed by atoms with Crippen molar-refractivity contribution in [1.82, 2.24) is 4.31 Å². The van der Waals surface area contributed by atoms with Crippen molar-refractivity contribution in [1.29, 1.82) is 0 Å². The molecule has 25 heavy (non-hydrogen) atoms. The van der Waals surface area contributed by atoms with Gasteiger partial charge in [0.2, 0.25) is 15.9 Å². The highest BCUT2D eigenvalue weighted by Gasteiger charge is 2.52. The van der Waals surface area contributed by atoms with E-state index in [1.165, 1.54) is 0 Å². The second kappa shape index (κ2) is 5.94. The summed E-state index contributed by atoms with van der Waals surface area (Å²) in [5.74, 6) is -0.312. The van der Waals surface area contributed by atoms with Crippen LogP contribution in [-0.2, 0) is 21.2 Å². The summed E-state index contributed by atoms with van der Waals surface area (Å²) < 4.78 is 25.7. The van der Waals surface area contributed by atoms with Gasteiger partial charge in [0, 0.05) is 29.9 Å². The zero-order chi connectivity index (χ0) is 17.7. The number of ketones is 1. The van der Waals surface area contributed by atoms with Gasteiger partial charge in [-0.25, -0.2) is 12.7 Å². The number of aryl methyl sites for hydroxylation is 1. The summed E-state index contributed by atoms with van der Waals surface area (Å²) in [6.45, 7) is 0.343. The van der Waals surface area contributed by atoms with Gasteiger partial charge in [-0.15, -0.1) is 0 Å². The first-order chi connectivity index (χ1) is 11.9. The molecule has 0 bridgehead atoms. The fourth-order valence-electron chi connectivity index (χ4n) is 4.49. The van der Waals surface area contributed by atoms with E-state index >= 15 is 0 Å². The van der Waals surface area contributed by atoms with Crippen molar-refractivity contribution in [3.8, 4) is 0 Å². The Morgan fingerprint density at radius 1 is 1.24 bits per heavy atom. The molecule has 134 valence electrons. The number of benzene rings is 1. The minimum Gasteiger partial charge on any atom is -0.294 e. The van der Waals surface area contributed by atoms with Crippen LogP contribution in [0, 0.1) is 11.3 Å². The Balaban J connectivity index is 1.40. The average Bonchev–Trinajstić information content (AvgIpc) is 2.86. The number of Topliss-reactive ketones (excluding diaryl/α,β-unsaturated/α-hetero) is 1. The molecular formula is C19H23NO4S. The van der Waals surface area contributed by atoms with Gasteiger partial charge in [0.05, 0.1) is 5.75 Å². The molecule has 1 saturated carbocycles. The van der Waals surface area contributed by atoms with E-state index in [4.69, 9.17) is 0 Å². The topological polar surface area (TPSA) is 71.5 Å². The number of hydrogen-bond acceptors (Lipinski definition) is 4. The summed E-state index contributed by atoms with van der Waals surface area (Å²) in [4.78, 5) is 25.1. The van der Waals surface area contributed by atoms with E-state index in [2.05, 4.69) is 0 Å². The van der Waals surface area contributed by atoms with Gasteiger partial charge in [-0.1, -0.05) is 30.7 Å². The normalized spacial score (nSPS) is 26.3. The predicted molar refractivity (Wildman–Crippen MR) is 93.6 cm³/mol. The van der Waals surface area contributed by atoms with Crippen molar-refractivity contribution in [3.05, 3.63) is 35.4 Å². The minimum atomic E-state index is -3.47. The second-order valence-electron chi connectivity index (χ2n) is 7.81. The predicted octanol–water partition coefficient (Wildman–Crippen LogP) is 2.55. The lowest BCUT2D eigenvalue weighted by molar-refractivity contribution is -0.127. The molecule has 1 aliphatic heterocycles. The number of hydrogen-bond donors (Lipinski definition) is 0. The third kappa shape index (κ3) is 2.90. The lowest BCUT2D eigenvalue weighted by atomic mass is 9.70. The summed E-state index contributed by atoms with van der Waals surface area (Å²) in [6.07, 6.45) is 4.99. The Bertz CT molecular complexity index is 826. The first-order valence-corrected chi connectivity index (χ1v) is 10.7. The van der Waals surface area contributed by atoms with Crippen LogP contribution in [0.3, 0.4) is 0 Å². The molecule has 2 aliphatic carbocycles. The number of nitrogens with zero attached hydrogens (tertiary/aromatic N) is 1. The van der Waals surface area contributed by atoms with Crippen LogP contribution < -0.4 is 0 Å². The Morgan fingerprint density at radius 3 is 2.68 bits per heavy atom.